The first kappa shape index (κ1) is 27.3. The Hall–Kier alpha value is -2.70. The van der Waals surface area contributed by atoms with Crippen LogP contribution in [-0.4, -0.2) is 28.9 Å². The zero-order valence-corrected chi connectivity index (χ0v) is 23.8. The maximum absolute atomic E-state index is 12.7. The number of benzene rings is 3. The Balaban J connectivity index is 1.84. The second-order valence-electron chi connectivity index (χ2n) is 8.52. The van der Waals surface area contributed by atoms with Crippen molar-refractivity contribution in [1.82, 2.24) is 9.88 Å². The smallest absolute Gasteiger partial charge is 0.338 e. The molecule has 0 unspecified atom stereocenters. The molecule has 0 amide bonds. The number of ether oxygens (including phenoxy) is 1. The molecular formula is C30H27BrCl2N2O2. The summed E-state index contributed by atoms with van der Waals surface area (Å²) in [5.41, 5.74) is 5.61. The van der Waals surface area contributed by atoms with Crippen LogP contribution in [0.4, 0.5) is 0 Å². The molecule has 7 heteroatoms. The molecule has 4 rings (SSSR count). The van der Waals surface area contributed by atoms with Gasteiger partial charge in [0.2, 0.25) is 0 Å². The fourth-order valence-corrected chi connectivity index (χ4v) is 4.83. The molecule has 0 aliphatic rings. The van der Waals surface area contributed by atoms with Gasteiger partial charge in [0.05, 0.1) is 17.0 Å². The highest BCUT2D eigenvalue weighted by atomic mass is 79.9. The zero-order chi connectivity index (χ0) is 26.4. The Morgan fingerprint density at radius 1 is 0.919 bits per heavy atom. The lowest BCUT2D eigenvalue weighted by molar-refractivity contribution is 0.0470. The van der Waals surface area contributed by atoms with Crippen molar-refractivity contribution in [3.8, 4) is 22.4 Å². The molecule has 0 saturated carbocycles. The molecule has 0 fully saturated rings. The Morgan fingerprint density at radius 3 is 2.27 bits per heavy atom. The van der Waals surface area contributed by atoms with E-state index in [9.17, 15) is 4.79 Å². The SMILES string of the molecule is CCN(CC)Cc1nc(-c2ccc(Br)cc2)c(-c2ccc(Cl)cc2Cl)cc1COC(=O)c1ccccc1. The molecule has 0 aliphatic carbocycles. The average molecular weight is 598 g/mol. The monoisotopic (exact) mass is 596 g/mol. The van der Waals surface area contributed by atoms with Crippen LogP contribution in [0.25, 0.3) is 22.4 Å². The Kier molecular flexibility index (Phi) is 9.38. The number of hydrogen-bond donors (Lipinski definition) is 0. The molecule has 1 aromatic heterocycles. The molecule has 4 aromatic rings. The van der Waals surface area contributed by atoms with Crippen LogP contribution in [0, 0.1) is 0 Å². The third-order valence-electron chi connectivity index (χ3n) is 6.17. The summed E-state index contributed by atoms with van der Waals surface area (Å²) in [5.74, 6) is -0.377. The molecule has 190 valence electrons. The maximum Gasteiger partial charge on any atom is 0.338 e. The summed E-state index contributed by atoms with van der Waals surface area (Å²) in [6, 6.07) is 24.5. The molecule has 0 saturated heterocycles. The molecule has 4 nitrogen and oxygen atoms in total. The Bertz CT molecular complexity index is 1370. The van der Waals surface area contributed by atoms with Crippen molar-refractivity contribution in [2.45, 2.75) is 27.0 Å². The van der Waals surface area contributed by atoms with Gasteiger partial charge in [-0.3, -0.25) is 9.88 Å². The van der Waals surface area contributed by atoms with Crippen molar-refractivity contribution in [2.75, 3.05) is 13.1 Å². The van der Waals surface area contributed by atoms with Gasteiger partial charge in [0.15, 0.2) is 0 Å². The van der Waals surface area contributed by atoms with E-state index in [2.05, 4.69) is 34.7 Å². The van der Waals surface area contributed by atoms with E-state index in [0.29, 0.717) is 22.2 Å². The van der Waals surface area contributed by atoms with Crippen LogP contribution in [0.3, 0.4) is 0 Å². The number of carbonyl (C=O) groups is 1. The van der Waals surface area contributed by atoms with Crippen molar-refractivity contribution in [2.24, 2.45) is 0 Å². The minimum Gasteiger partial charge on any atom is -0.457 e. The first-order valence-corrected chi connectivity index (χ1v) is 13.6. The summed E-state index contributed by atoms with van der Waals surface area (Å²) >= 11 is 16.4. The van der Waals surface area contributed by atoms with Crippen molar-refractivity contribution in [1.29, 1.82) is 0 Å². The van der Waals surface area contributed by atoms with Gasteiger partial charge in [-0.25, -0.2) is 4.79 Å². The van der Waals surface area contributed by atoms with Crippen molar-refractivity contribution >= 4 is 45.1 Å². The molecule has 0 bridgehead atoms. The van der Waals surface area contributed by atoms with Gasteiger partial charge in [0, 0.05) is 43.3 Å². The average Bonchev–Trinajstić information content (AvgIpc) is 2.91. The maximum atomic E-state index is 12.7. The van der Waals surface area contributed by atoms with Crippen molar-refractivity contribution in [3.63, 3.8) is 0 Å². The number of halogens is 3. The number of hydrogen-bond acceptors (Lipinski definition) is 4. The summed E-state index contributed by atoms with van der Waals surface area (Å²) in [6.07, 6.45) is 0. The van der Waals surface area contributed by atoms with Gasteiger partial charge in [-0.1, -0.05) is 89.4 Å². The van der Waals surface area contributed by atoms with E-state index in [-0.39, 0.29) is 12.6 Å². The summed E-state index contributed by atoms with van der Waals surface area (Å²) in [5, 5.41) is 1.08. The highest BCUT2D eigenvalue weighted by molar-refractivity contribution is 9.10. The van der Waals surface area contributed by atoms with Gasteiger partial charge in [0.1, 0.15) is 6.61 Å². The lowest BCUT2D eigenvalue weighted by Gasteiger charge is -2.22. The van der Waals surface area contributed by atoms with Crippen LogP contribution in [0.1, 0.15) is 35.5 Å². The fraction of sp³-hybridized carbons (Fsp3) is 0.200. The quantitative estimate of drug-likeness (QED) is 0.181. The van der Waals surface area contributed by atoms with E-state index < -0.39 is 0 Å². The van der Waals surface area contributed by atoms with Crippen LogP contribution >= 0.6 is 39.1 Å². The minimum absolute atomic E-state index is 0.0934. The molecule has 0 radical (unpaired) electrons. The van der Waals surface area contributed by atoms with Crippen LogP contribution in [-0.2, 0) is 17.9 Å². The topological polar surface area (TPSA) is 42.4 Å². The number of pyridine rings is 1. The van der Waals surface area contributed by atoms with E-state index in [4.69, 9.17) is 32.9 Å². The van der Waals surface area contributed by atoms with Crippen LogP contribution in [0.2, 0.25) is 10.0 Å². The summed E-state index contributed by atoms with van der Waals surface area (Å²) in [6.45, 7) is 6.71. The summed E-state index contributed by atoms with van der Waals surface area (Å²) in [4.78, 5) is 20.2. The Labute approximate surface area is 236 Å². The molecule has 1 heterocycles. The highest BCUT2D eigenvalue weighted by Gasteiger charge is 2.19. The molecule has 0 N–H and O–H groups in total. The van der Waals surface area contributed by atoms with Crippen LogP contribution < -0.4 is 0 Å². The predicted octanol–water partition coefficient (Wildman–Crippen LogP) is 8.68. The molecule has 0 atom stereocenters. The molecular weight excluding hydrogens is 571 g/mol. The molecule has 3 aromatic carbocycles. The predicted molar refractivity (Wildman–Crippen MR) is 155 cm³/mol. The summed E-state index contributed by atoms with van der Waals surface area (Å²) < 4.78 is 6.73. The van der Waals surface area contributed by atoms with E-state index in [0.717, 1.165) is 51.2 Å². The third kappa shape index (κ3) is 6.79. The van der Waals surface area contributed by atoms with E-state index >= 15 is 0 Å². The van der Waals surface area contributed by atoms with Crippen LogP contribution in [0.15, 0.2) is 83.3 Å². The van der Waals surface area contributed by atoms with Crippen LogP contribution in [0.5, 0.6) is 0 Å². The largest absolute Gasteiger partial charge is 0.457 e. The fourth-order valence-electron chi connectivity index (χ4n) is 4.06. The number of aromatic nitrogens is 1. The summed E-state index contributed by atoms with van der Waals surface area (Å²) in [7, 11) is 0. The van der Waals surface area contributed by atoms with Gasteiger partial charge in [-0.15, -0.1) is 0 Å². The molecule has 37 heavy (non-hydrogen) atoms. The highest BCUT2D eigenvalue weighted by Crippen LogP contribution is 2.38. The van der Waals surface area contributed by atoms with Gasteiger partial charge in [0.25, 0.3) is 0 Å². The molecule has 0 aliphatic heterocycles. The number of carbonyl (C=O) groups excluding carboxylic acids is 1. The Morgan fingerprint density at radius 2 is 1.62 bits per heavy atom. The van der Waals surface area contributed by atoms with Gasteiger partial charge < -0.3 is 4.74 Å². The van der Waals surface area contributed by atoms with Gasteiger partial charge in [-0.05, 0) is 55.6 Å². The van der Waals surface area contributed by atoms with E-state index in [1.54, 1.807) is 18.2 Å². The first-order valence-electron chi connectivity index (χ1n) is 12.1. The minimum atomic E-state index is -0.377. The zero-order valence-electron chi connectivity index (χ0n) is 20.7. The van der Waals surface area contributed by atoms with E-state index in [1.165, 1.54) is 0 Å². The number of nitrogens with zero attached hydrogens (tertiary/aromatic N) is 2. The second-order valence-corrected chi connectivity index (χ2v) is 10.3. The first-order chi connectivity index (χ1) is 17.9. The third-order valence-corrected chi connectivity index (χ3v) is 7.24. The normalized spacial score (nSPS) is 11.1. The van der Waals surface area contributed by atoms with Gasteiger partial charge >= 0.3 is 5.97 Å². The van der Waals surface area contributed by atoms with Crippen molar-refractivity contribution in [3.05, 3.63) is 110 Å². The standard InChI is InChI=1S/C30H27BrCl2N2O2/c1-3-35(4-2)18-28-22(19-37-30(36)21-8-6-5-7-9-21)16-26(25-15-14-24(32)17-27(25)33)29(34-28)20-10-12-23(31)13-11-20/h5-17H,3-4,18-19H2,1-2H3. The molecule has 0 spiro atoms. The second kappa shape index (κ2) is 12.7. The van der Waals surface area contributed by atoms with Crippen molar-refractivity contribution < 1.29 is 9.53 Å². The van der Waals surface area contributed by atoms with E-state index in [1.807, 2.05) is 60.7 Å². The number of rotatable bonds is 9. The lowest BCUT2D eigenvalue weighted by atomic mass is 9.96. The lowest BCUT2D eigenvalue weighted by Crippen LogP contribution is -2.24. The van der Waals surface area contributed by atoms with Gasteiger partial charge in [-0.2, -0.15) is 0 Å². The number of esters is 1.